The number of benzene rings is 2. The molecule has 0 aliphatic rings. The van der Waals surface area contributed by atoms with Gasteiger partial charge >= 0.3 is 0 Å². The lowest BCUT2D eigenvalue weighted by Gasteiger charge is -2.18. The molecular formula is C17H19FN2O. The molecule has 1 amide bonds. The first-order chi connectivity index (χ1) is 10.0. The summed E-state index contributed by atoms with van der Waals surface area (Å²) in [5, 5.41) is 2.86. The van der Waals surface area contributed by atoms with Crippen molar-refractivity contribution in [3.63, 3.8) is 0 Å². The van der Waals surface area contributed by atoms with E-state index in [1.165, 1.54) is 12.1 Å². The van der Waals surface area contributed by atoms with E-state index in [2.05, 4.69) is 5.32 Å². The molecule has 21 heavy (non-hydrogen) atoms. The number of rotatable bonds is 4. The van der Waals surface area contributed by atoms with Gasteiger partial charge in [0.15, 0.2) is 0 Å². The Morgan fingerprint density at radius 3 is 2.57 bits per heavy atom. The van der Waals surface area contributed by atoms with Gasteiger partial charge in [-0.05, 0) is 36.6 Å². The molecular weight excluding hydrogens is 267 g/mol. The number of halogens is 1. The van der Waals surface area contributed by atoms with Crippen LogP contribution >= 0.6 is 0 Å². The molecule has 4 heteroatoms. The van der Waals surface area contributed by atoms with Gasteiger partial charge in [0, 0.05) is 5.69 Å². The summed E-state index contributed by atoms with van der Waals surface area (Å²) in [6, 6.07) is 12.4. The molecule has 2 rings (SSSR count). The Morgan fingerprint density at radius 1 is 1.29 bits per heavy atom. The standard InChI is InChI=1S/C17H19FN2O/c1-3-15(12-7-5-4-6-8-12)20-17(21)14-10-13(19)9-11(2)16(14)18/h4-10,15H,3,19H2,1-2H3,(H,20,21). The summed E-state index contributed by atoms with van der Waals surface area (Å²) in [7, 11) is 0. The van der Waals surface area contributed by atoms with Gasteiger partial charge in [0.05, 0.1) is 11.6 Å². The van der Waals surface area contributed by atoms with Gasteiger partial charge in [-0.1, -0.05) is 37.3 Å². The Bertz CT molecular complexity index is 641. The first-order valence-electron chi connectivity index (χ1n) is 6.94. The van der Waals surface area contributed by atoms with Crippen molar-refractivity contribution in [2.24, 2.45) is 0 Å². The van der Waals surface area contributed by atoms with Crippen molar-refractivity contribution in [2.75, 3.05) is 5.73 Å². The predicted molar refractivity (Wildman–Crippen MR) is 82.5 cm³/mol. The minimum atomic E-state index is -0.524. The molecule has 0 aliphatic carbocycles. The maximum atomic E-state index is 14.1. The number of aryl methyl sites for hydroxylation is 1. The number of nitrogens with one attached hydrogen (secondary N) is 1. The van der Waals surface area contributed by atoms with E-state index in [9.17, 15) is 9.18 Å². The molecule has 3 nitrogen and oxygen atoms in total. The van der Waals surface area contributed by atoms with Gasteiger partial charge in [-0.15, -0.1) is 0 Å². The van der Waals surface area contributed by atoms with Crippen LogP contribution in [0, 0.1) is 12.7 Å². The highest BCUT2D eigenvalue weighted by atomic mass is 19.1. The summed E-state index contributed by atoms with van der Waals surface area (Å²) >= 11 is 0. The highest BCUT2D eigenvalue weighted by molar-refractivity contribution is 5.95. The second-order valence-corrected chi connectivity index (χ2v) is 5.04. The van der Waals surface area contributed by atoms with Crippen LogP contribution in [-0.2, 0) is 0 Å². The first kappa shape index (κ1) is 15.0. The maximum absolute atomic E-state index is 14.1. The Kier molecular flexibility index (Phi) is 4.58. The Morgan fingerprint density at radius 2 is 1.95 bits per heavy atom. The summed E-state index contributed by atoms with van der Waals surface area (Å²) in [4.78, 5) is 12.3. The van der Waals surface area contributed by atoms with Crippen molar-refractivity contribution < 1.29 is 9.18 Å². The second kappa shape index (κ2) is 6.39. The van der Waals surface area contributed by atoms with Gasteiger partial charge in [0.2, 0.25) is 0 Å². The molecule has 0 aromatic heterocycles. The third-order valence-electron chi connectivity index (χ3n) is 3.44. The molecule has 3 N–H and O–H groups in total. The van der Waals surface area contributed by atoms with Crippen molar-refractivity contribution >= 4 is 11.6 Å². The Labute approximate surface area is 124 Å². The van der Waals surface area contributed by atoms with E-state index in [0.29, 0.717) is 11.3 Å². The third kappa shape index (κ3) is 3.40. The lowest BCUT2D eigenvalue weighted by molar-refractivity contribution is 0.0931. The van der Waals surface area contributed by atoms with Crippen LogP contribution in [0.25, 0.3) is 0 Å². The molecule has 0 bridgehead atoms. The molecule has 110 valence electrons. The van der Waals surface area contributed by atoms with Gasteiger partial charge in [-0.3, -0.25) is 4.79 Å². The van der Waals surface area contributed by atoms with Crippen LogP contribution in [0.5, 0.6) is 0 Å². The molecule has 0 aliphatic heterocycles. The van der Waals surface area contributed by atoms with Crippen molar-refractivity contribution in [3.05, 3.63) is 65.0 Å². The van der Waals surface area contributed by atoms with E-state index >= 15 is 0 Å². The number of hydrogen-bond donors (Lipinski definition) is 2. The van der Waals surface area contributed by atoms with Crippen molar-refractivity contribution in [1.82, 2.24) is 5.32 Å². The van der Waals surface area contributed by atoms with Gasteiger partial charge in [0.25, 0.3) is 5.91 Å². The van der Waals surface area contributed by atoms with Crippen LogP contribution < -0.4 is 11.1 Å². The summed E-state index contributed by atoms with van der Waals surface area (Å²) in [6.07, 6.45) is 0.721. The van der Waals surface area contributed by atoms with Gasteiger partial charge in [-0.25, -0.2) is 4.39 Å². The Hall–Kier alpha value is -2.36. The number of nitrogens with two attached hydrogens (primary N) is 1. The zero-order chi connectivity index (χ0) is 15.4. The normalized spacial score (nSPS) is 12.0. The zero-order valence-corrected chi connectivity index (χ0v) is 12.2. The van der Waals surface area contributed by atoms with Crippen LogP contribution in [0.2, 0.25) is 0 Å². The second-order valence-electron chi connectivity index (χ2n) is 5.04. The number of anilines is 1. The fourth-order valence-electron chi connectivity index (χ4n) is 2.31. The quantitative estimate of drug-likeness (QED) is 0.844. The average Bonchev–Trinajstić information content (AvgIpc) is 2.49. The molecule has 0 fully saturated rings. The SMILES string of the molecule is CCC(NC(=O)c1cc(N)cc(C)c1F)c1ccccc1. The van der Waals surface area contributed by atoms with Crippen LogP contribution in [-0.4, -0.2) is 5.91 Å². The van der Waals surface area contributed by atoms with Crippen LogP contribution in [0.4, 0.5) is 10.1 Å². The molecule has 0 heterocycles. The van der Waals surface area contributed by atoms with Crippen molar-refractivity contribution in [3.8, 4) is 0 Å². The van der Waals surface area contributed by atoms with E-state index in [0.717, 1.165) is 12.0 Å². The lowest BCUT2D eigenvalue weighted by Crippen LogP contribution is -2.29. The molecule has 0 saturated carbocycles. The lowest BCUT2D eigenvalue weighted by atomic mass is 10.0. The van der Waals surface area contributed by atoms with Crippen LogP contribution in [0.3, 0.4) is 0 Å². The number of nitrogen functional groups attached to an aromatic ring is 1. The zero-order valence-electron chi connectivity index (χ0n) is 12.2. The average molecular weight is 286 g/mol. The molecule has 2 aromatic rings. The fraction of sp³-hybridized carbons (Fsp3) is 0.235. The van der Waals surface area contributed by atoms with Crippen molar-refractivity contribution in [2.45, 2.75) is 26.3 Å². The van der Waals surface area contributed by atoms with Crippen LogP contribution in [0.1, 0.15) is 40.9 Å². The van der Waals surface area contributed by atoms with E-state index in [4.69, 9.17) is 5.73 Å². The maximum Gasteiger partial charge on any atom is 0.254 e. The number of carbonyl (C=O) groups is 1. The topological polar surface area (TPSA) is 55.1 Å². The molecule has 2 aromatic carbocycles. The third-order valence-corrected chi connectivity index (χ3v) is 3.44. The molecule has 0 radical (unpaired) electrons. The fourth-order valence-corrected chi connectivity index (χ4v) is 2.31. The van der Waals surface area contributed by atoms with E-state index in [1.807, 2.05) is 37.3 Å². The number of hydrogen-bond acceptors (Lipinski definition) is 2. The largest absolute Gasteiger partial charge is 0.399 e. The number of carbonyl (C=O) groups excluding carboxylic acids is 1. The van der Waals surface area contributed by atoms with Gasteiger partial charge in [-0.2, -0.15) is 0 Å². The predicted octanol–water partition coefficient (Wildman–Crippen LogP) is 3.60. The molecule has 1 unspecified atom stereocenters. The molecule has 0 saturated heterocycles. The summed E-state index contributed by atoms with van der Waals surface area (Å²) < 4.78 is 14.1. The monoisotopic (exact) mass is 286 g/mol. The van der Waals surface area contributed by atoms with E-state index < -0.39 is 11.7 Å². The summed E-state index contributed by atoms with van der Waals surface area (Å²) in [6.45, 7) is 3.57. The summed E-state index contributed by atoms with van der Waals surface area (Å²) in [5.41, 5.74) is 7.43. The first-order valence-corrected chi connectivity index (χ1v) is 6.94. The Balaban J connectivity index is 2.25. The number of amides is 1. The molecule has 0 spiro atoms. The van der Waals surface area contributed by atoms with Gasteiger partial charge < -0.3 is 11.1 Å². The van der Waals surface area contributed by atoms with E-state index in [-0.39, 0.29) is 11.6 Å². The minimum Gasteiger partial charge on any atom is -0.399 e. The smallest absolute Gasteiger partial charge is 0.254 e. The van der Waals surface area contributed by atoms with Crippen molar-refractivity contribution in [1.29, 1.82) is 0 Å². The van der Waals surface area contributed by atoms with E-state index in [1.54, 1.807) is 6.92 Å². The highest BCUT2D eigenvalue weighted by Gasteiger charge is 2.18. The minimum absolute atomic E-state index is 0.0121. The molecule has 1 atom stereocenters. The summed E-state index contributed by atoms with van der Waals surface area (Å²) in [5.74, 6) is -0.969. The van der Waals surface area contributed by atoms with Gasteiger partial charge in [0.1, 0.15) is 5.82 Å². The highest BCUT2D eigenvalue weighted by Crippen LogP contribution is 2.20. The van der Waals surface area contributed by atoms with Crippen LogP contribution in [0.15, 0.2) is 42.5 Å².